The highest BCUT2D eigenvalue weighted by Crippen LogP contribution is 2.31. The number of aryl methyl sites for hydroxylation is 2. The zero-order valence-electron chi connectivity index (χ0n) is 17.8. The molecule has 1 amide bonds. The van der Waals surface area contributed by atoms with E-state index in [-0.39, 0.29) is 10.9 Å². The zero-order valence-corrected chi connectivity index (χ0v) is 18.6. The van der Waals surface area contributed by atoms with Crippen molar-refractivity contribution in [3.8, 4) is 0 Å². The van der Waals surface area contributed by atoms with Crippen LogP contribution in [0.1, 0.15) is 49.9 Å². The Morgan fingerprint density at radius 2 is 1.87 bits per heavy atom. The monoisotopic (exact) mass is 433 g/mol. The van der Waals surface area contributed by atoms with Crippen molar-refractivity contribution in [1.29, 1.82) is 0 Å². The fourth-order valence-corrected chi connectivity index (χ4v) is 5.25. The smallest absolute Gasteiger partial charge is 0.243 e. The number of amides is 1. The van der Waals surface area contributed by atoms with Gasteiger partial charge in [0.2, 0.25) is 15.9 Å². The molecule has 0 saturated carbocycles. The van der Waals surface area contributed by atoms with E-state index in [1.54, 1.807) is 17.0 Å². The molecule has 0 spiro atoms. The Bertz CT molecular complexity index is 967. The van der Waals surface area contributed by atoms with E-state index in [0.717, 1.165) is 36.9 Å². The first-order valence-electron chi connectivity index (χ1n) is 10.4. The normalized spacial score (nSPS) is 19.9. The van der Waals surface area contributed by atoms with Crippen LogP contribution >= 0.6 is 0 Å². The first-order valence-corrected chi connectivity index (χ1v) is 11.9. The lowest BCUT2D eigenvalue weighted by Crippen LogP contribution is -2.54. The summed E-state index contributed by atoms with van der Waals surface area (Å²) in [5.41, 5.74) is 1.95. The highest BCUT2D eigenvalue weighted by Gasteiger charge is 2.37. The second kappa shape index (κ2) is 9.32. The number of carbonyl (C=O) groups is 1. The largest absolute Gasteiger partial charge is 0.391 e. The fraction of sp³-hybridized carbons (Fsp3) is 0.500. The van der Waals surface area contributed by atoms with Crippen LogP contribution in [0.3, 0.4) is 0 Å². The van der Waals surface area contributed by atoms with E-state index >= 15 is 0 Å². The van der Waals surface area contributed by atoms with Gasteiger partial charge >= 0.3 is 0 Å². The minimum atomic E-state index is -3.96. The first-order chi connectivity index (χ1) is 14.2. The summed E-state index contributed by atoms with van der Waals surface area (Å²) < 4.78 is 30.2. The number of aliphatic hydroxyl groups is 1. The minimum Gasteiger partial charge on any atom is -0.391 e. The van der Waals surface area contributed by atoms with Crippen molar-refractivity contribution < 1.29 is 18.3 Å². The number of nitrogens with zero attached hydrogens (tertiary/aromatic N) is 2. The Morgan fingerprint density at radius 3 is 2.47 bits per heavy atom. The Hall–Kier alpha value is -2.16. The molecule has 7 nitrogen and oxygen atoms in total. The predicted molar refractivity (Wildman–Crippen MR) is 115 cm³/mol. The van der Waals surface area contributed by atoms with Gasteiger partial charge in [-0.25, -0.2) is 8.42 Å². The third-order valence-electron chi connectivity index (χ3n) is 5.72. The van der Waals surface area contributed by atoms with E-state index in [1.165, 1.54) is 19.1 Å². The molecule has 0 aliphatic carbocycles. The van der Waals surface area contributed by atoms with Crippen LogP contribution in [0.5, 0.6) is 0 Å². The molecule has 0 radical (unpaired) electrons. The summed E-state index contributed by atoms with van der Waals surface area (Å²) in [4.78, 5) is 15.3. The number of aliphatic hydroxyl groups excluding tert-OH is 1. The number of benzene rings is 1. The fourth-order valence-electron chi connectivity index (χ4n) is 3.99. The van der Waals surface area contributed by atoms with E-state index in [2.05, 4.69) is 4.72 Å². The Labute approximate surface area is 178 Å². The number of carbonyl (C=O) groups excluding carboxylic acids is 1. The topological polar surface area (TPSA) is 91.6 Å². The molecule has 1 fully saturated rings. The van der Waals surface area contributed by atoms with Gasteiger partial charge in [0, 0.05) is 25.5 Å². The molecule has 1 saturated heterocycles. The molecule has 3 atom stereocenters. The highest BCUT2D eigenvalue weighted by atomic mass is 32.2. The maximum atomic E-state index is 13.5. The van der Waals surface area contributed by atoms with Crippen molar-refractivity contribution in [3.63, 3.8) is 0 Å². The maximum absolute atomic E-state index is 13.5. The molecule has 1 aliphatic rings. The highest BCUT2D eigenvalue weighted by molar-refractivity contribution is 7.89. The Morgan fingerprint density at radius 1 is 1.17 bits per heavy atom. The molecule has 1 aromatic heterocycles. The predicted octanol–water partition coefficient (Wildman–Crippen LogP) is 2.51. The van der Waals surface area contributed by atoms with Gasteiger partial charge in [0.25, 0.3) is 0 Å². The van der Waals surface area contributed by atoms with E-state index < -0.39 is 28.1 Å². The molecule has 1 aliphatic heterocycles. The summed E-state index contributed by atoms with van der Waals surface area (Å²) in [6.45, 7) is 3.84. The second-order valence-corrected chi connectivity index (χ2v) is 9.81. The molecule has 2 aromatic rings. The zero-order chi connectivity index (χ0) is 21.9. The number of aromatic nitrogens is 1. The number of sulfonamides is 1. The summed E-state index contributed by atoms with van der Waals surface area (Å²) >= 11 is 0. The molecule has 3 unspecified atom stereocenters. The quantitative estimate of drug-likeness (QED) is 0.732. The number of hydrogen-bond donors (Lipinski definition) is 2. The van der Waals surface area contributed by atoms with Gasteiger partial charge in [-0.1, -0.05) is 30.5 Å². The Kier molecular flexibility index (Phi) is 7.00. The number of nitrogens with one attached hydrogen (secondary N) is 1. The van der Waals surface area contributed by atoms with Crippen LogP contribution in [-0.2, 0) is 21.9 Å². The van der Waals surface area contributed by atoms with Crippen molar-refractivity contribution in [2.75, 3.05) is 6.54 Å². The van der Waals surface area contributed by atoms with Crippen molar-refractivity contribution >= 4 is 15.9 Å². The van der Waals surface area contributed by atoms with Crippen LogP contribution in [0, 0.1) is 6.92 Å². The van der Waals surface area contributed by atoms with E-state index in [0.29, 0.717) is 6.54 Å². The molecule has 2 N–H and O–H groups in total. The number of hydrogen-bond acceptors (Lipinski definition) is 4. The van der Waals surface area contributed by atoms with Crippen LogP contribution < -0.4 is 4.72 Å². The maximum Gasteiger partial charge on any atom is 0.243 e. The van der Waals surface area contributed by atoms with Crippen LogP contribution in [-0.4, -0.2) is 47.6 Å². The molecular formula is C22H31N3O4S. The summed E-state index contributed by atoms with van der Waals surface area (Å²) in [5.74, 6) is -0.395. The molecule has 164 valence electrons. The molecule has 3 rings (SSSR count). The van der Waals surface area contributed by atoms with Gasteiger partial charge in [-0.2, -0.15) is 4.72 Å². The lowest BCUT2D eigenvalue weighted by molar-refractivity contribution is -0.138. The number of rotatable bonds is 6. The average Bonchev–Trinajstić information content (AvgIpc) is 2.97. The third-order valence-corrected chi connectivity index (χ3v) is 7.18. The van der Waals surface area contributed by atoms with Crippen LogP contribution in [0.25, 0.3) is 0 Å². The van der Waals surface area contributed by atoms with Crippen molar-refractivity contribution in [2.45, 2.75) is 62.6 Å². The van der Waals surface area contributed by atoms with Crippen molar-refractivity contribution in [1.82, 2.24) is 14.2 Å². The van der Waals surface area contributed by atoms with Gasteiger partial charge in [-0.05, 0) is 51.0 Å². The van der Waals surface area contributed by atoms with Crippen LogP contribution in [0.15, 0.2) is 47.5 Å². The molecule has 2 heterocycles. The van der Waals surface area contributed by atoms with Crippen LogP contribution in [0.4, 0.5) is 0 Å². The van der Waals surface area contributed by atoms with Crippen molar-refractivity contribution in [2.24, 2.45) is 7.05 Å². The Balaban J connectivity index is 1.89. The minimum absolute atomic E-state index is 0.0707. The van der Waals surface area contributed by atoms with Crippen LogP contribution in [0.2, 0.25) is 0 Å². The van der Waals surface area contributed by atoms with E-state index in [1.807, 2.05) is 36.9 Å². The van der Waals surface area contributed by atoms with Gasteiger partial charge in [-0.3, -0.25) is 4.79 Å². The lowest BCUT2D eigenvalue weighted by Gasteiger charge is -2.34. The first kappa shape index (κ1) is 22.5. The third kappa shape index (κ3) is 4.94. The van der Waals surface area contributed by atoms with Gasteiger partial charge in [-0.15, -0.1) is 0 Å². The molecule has 30 heavy (non-hydrogen) atoms. The van der Waals surface area contributed by atoms with Crippen molar-refractivity contribution in [3.05, 3.63) is 53.9 Å². The van der Waals surface area contributed by atoms with Gasteiger partial charge in [0.05, 0.1) is 17.0 Å². The molecule has 1 aromatic carbocycles. The van der Waals surface area contributed by atoms with Gasteiger partial charge in [0.15, 0.2) is 0 Å². The SMILES string of the molecule is Cc1ccc(S(=O)(=O)NC(C(=O)N2CCCCCC2c2cccn2C)C(C)O)cc1. The summed E-state index contributed by atoms with van der Waals surface area (Å²) in [7, 11) is -2.02. The van der Waals surface area contributed by atoms with Gasteiger partial charge in [0.1, 0.15) is 6.04 Å². The molecule has 8 heteroatoms. The summed E-state index contributed by atoms with van der Waals surface area (Å²) in [6.07, 6.45) is 4.43. The average molecular weight is 434 g/mol. The van der Waals surface area contributed by atoms with Gasteiger partial charge < -0.3 is 14.6 Å². The molecule has 0 bridgehead atoms. The van der Waals surface area contributed by atoms with E-state index in [4.69, 9.17) is 0 Å². The van der Waals surface area contributed by atoms with E-state index in [9.17, 15) is 18.3 Å². The summed E-state index contributed by atoms with van der Waals surface area (Å²) in [6, 6.07) is 8.93. The molecular weight excluding hydrogens is 402 g/mol. The standard InChI is InChI=1S/C22H31N3O4S/c1-16-10-12-18(13-11-16)30(28,29)23-21(17(2)26)22(27)25-15-6-4-5-8-20(25)19-9-7-14-24(19)3/h7,9-14,17,20-21,23,26H,4-6,8,15H2,1-3H3. The second-order valence-electron chi connectivity index (χ2n) is 8.09. The lowest BCUT2D eigenvalue weighted by atomic mass is 10.0. The summed E-state index contributed by atoms with van der Waals surface area (Å²) in [5, 5.41) is 10.3. The number of likely N-dealkylation sites (tertiary alicyclic amines) is 1.